The van der Waals surface area contributed by atoms with Crippen molar-refractivity contribution >= 4 is 5.91 Å². The van der Waals surface area contributed by atoms with E-state index in [4.69, 9.17) is 0 Å². The summed E-state index contributed by atoms with van der Waals surface area (Å²) in [5.41, 5.74) is 1.64. The lowest BCUT2D eigenvalue weighted by Gasteiger charge is -2.23. The molecule has 1 N–H and O–H groups in total. The van der Waals surface area contributed by atoms with Crippen LogP contribution in [0, 0.1) is 5.82 Å². The molecule has 2 aliphatic rings. The molecule has 2 fully saturated rings. The summed E-state index contributed by atoms with van der Waals surface area (Å²) in [6.45, 7) is 5.95. The van der Waals surface area contributed by atoms with Crippen molar-refractivity contribution < 1.29 is 9.18 Å². The van der Waals surface area contributed by atoms with Gasteiger partial charge >= 0.3 is 0 Å². The van der Waals surface area contributed by atoms with Crippen LogP contribution < -0.4 is 5.32 Å². The van der Waals surface area contributed by atoms with Crippen molar-refractivity contribution in [3.05, 3.63) is 53.6 Å². The van der Waals surface area contributed by atoms with E-state index < -0.39 is 0 Å². The van der Waals surface area contributed by atoms with Gasteiger partial charge < -0.3 is 10.2 Å². The highest BCUT2D eigenvalue weighted by Crippen LogP contribution is 2.17. The second-order valence-electron chi connectivity index (χ2n) is 7.73. The van der Waals surface area contributed by atoms with Crippen molar-refractivity contribution in [3.8, 4) is 0 Å². The van der Waals surface area contributed by atoms with Crippen molar-refractivity contribution in [1.82, 2.24) is 24.9 Å². The third-order valence-corrected chi connectivity index (χ3v) is 5.67. The number of rotatable bonds is 4. The number of carbonyl (C=O) groups is 1. The number of hydrogen-bond donors (Lipinski definition) is 1. The SMILES string of the molecule is O=C(c1ccn(C2CCCNC2)n1)N1CCCN(Cc2ccc(F)cc2)CC1. The molecule has 1 atom stereocenters. The number of halogens is 1. The number of nitrogens with zero attached hydrogens (tertiary/aromatic N) is 4. The molecule has 150 valence electrons. The predicted octanol–water partition coefficient (Wildman–Crippen LogP) is 2.29. The summed E-state index contributed by atoms with van der Waals surface area (Å²) in [6, 6.07) is 8.84. The zero-order valence-electron chi connectivity index (χ0n) is 16.2. The third-order valence-electron chi connectivity index (χ3n) is 5.67. The number of hydrogen-bond acceptors (Lipinski definition) is 4. The van der Waals surface area contributed by atoms with Crippen LogP contribution >= 0.6 is 0 Å². The Morgan fingerprint density at radius 2 is 1.96 bits per heavy atom. The van der Waals surface area contributed by atoms with E-state index in [2.05, 4.69) is 15.3 Å². The van der Waals surface area contributed by atoms with Crippen LogP contribution in [0.15, 0.2) is 36.5 Å². The minimum absolute atomic E-state index is 0.0196. The van der Waals surface area contributed by atoms with E-state index >= 15 is 0 Å². The molecule has 1 aromatic heterocycles. The number of nitrogens with one attached hydrogen (secondary N) is 1. The molecule has 2 saturated heterocycles. The first-order chi connectivity index (χ1) is 13.7. The third kappa shape index (κ3) is 4.59. The summed E-state index contributed by atoms with van der Waals surface area (Å²) in [4.78, 5) is 17.2. The monoisotopic (exact) mass is 385 g/mol. The van der Waals surface area contributed by atoms with E-state index in [1.54, 1.807) is 0 Å². The number of amides is 1. The molecule has 3 heterocycles. The summed E-state index contributed by atoms with van der Waals surface area (Å²) in [5.74, 6) is -0.189. The summed E-state index contributed by atoms with van der Waals surface area (Å²) in [5, 5.41) is 7.96. The van der Waals surface area contributed by atoms with Crippen molar-refractivity contribution in [3.63, 3.8) is 0 Å². The fourth-order valence-electron chi connectivity index (χ4n) is 4.06. The van der Waals surface area contributed by atoms with Crippen LogP contribution in [0.25, 0.3) is 0 Å². The van der Waals surface area contributed by atoms with Crippen LogP contribution in [0.1, 0.15) is 41.4 Å². The lowest BCUT2D eigenvalue weighted by Crippen LogP contribution is -2.35. The predicted molar refractivity (Wildman–Crippen MR) is 106 cm³/mol. The highest BCUT2D eigenvalue weighted by atomic mass is 19.1. The van der Waals surface area contributed by atoms with Gasteiger partial charge in [-0.3, -0.25) is 14.4 Å². The van der Waals surface area contributed by atoms with Crippen LogP contribution in [-0.2, 0) is 6.54 Å². The molecule has 1 aromatic carbocycles. The molecule has 0 bridgehead atoms. The van der Waals surface area contributed by atoms with Crippen molar-refractivity contribution in [2.24, 2.45) is 0 Å². The maximum absolute atomic E-state index is 13.1. The Labute approximate surface area is 165 Å². The average molecular weight is 385 g/mol. The van der Waals surface area contributed by atoms with Gasteiger partial charge in [-0.05, 0) is 49.6 Å². The van der Waals surface area contributed by atoms with Gasteiger partial charge in [-0.25, -0.2) is 4.39 Å². The molecule has 6 nitrogen and oxygen atoms in total. The van der Waals surface area contributed by atoms with Crippen molar-refractivity contribution in [1.29, 1.82) is 0 Å². The van der Waals surface area contributed by atoms with Gasteiger partial charge in [0, 0.05) is 45.5 Å². The van der Waals surface area contributed by atoms with E-state index in [0.717, 1.165) is 64.1 Å². The van der Waals surface area contributed by atoms with Crippen molar-refractivity contribution in [2.45, 2.75) is 31.8 Å². The molecule has 28 heavy (non-hydrogen) atoms. The van der Waals surface area contributed by atoms with Gasteiger partial charge in [-0.15, -0.1) is 0 Å². The summed E-state index contributed by atoms with van der Waals surface area (Å²) in [6.07, 6.45) is 5.11. The van der Waals surface area contributed by atoms with E-state index in [-0.39, 0.29) is 11.7 Å². The normalized spacial score (nSPS) is 21.5. The largest absolute Gasteiger partial charge is 0.336 e. The summed E-state index contributed by atoms with van der Waals surface area (Å²) < 4.78 is 15.0. The standard InChI is InChI=1S/C21H28FN5O/c22-18-6-4-17(5-7-18)16-25-10-2-11-26(14-13-25)21(28)20-8-12-27(24-20)19-3-1-9-23-15-19/h4-8,12,19,23H,1-3,9-11,13-16H2. The first-order valence-electron chi connectivity index (χ1n) is 10.2. The molecule has 7 heteroatoms. The highest BCUT2D eigenvalue weighted by molar-refractivity contribution is 5.92. The Morgan fingerprint density at radius 1 is 1.11 bits per heavy atom. The summed E-state index contributed by atoms with van der Waals surface area (Å²) >= 11 is 0. The number of aromatic nitrogens is 2. The Morgan fingerprint density at radius 3 is 2.75 bits per heavy atom. The van der Waals surface area contributed by atoms with Gasteiger partial charge in [0.15, 0.2) is 0 Å². The Hall–Kier alpha value is -2.25. The van der Waals surface area contributed by atoms with Crippen LogP contribution in [0.3, 0.4) is 0 Å². The highest BCUT2D eigenvalue weighted by Gasteiger charge is 2.23. The molecule has 0 saturated carbocycles. The molecule has 2 aliphatic heterocycles. The molecular formula is C21H28FN5O. The number of piperidine rings is 1. The first-order valence-corrected chi connectivity index (χ1v) is 10.2. The van der Waals surface area contributed by atoms with Gasteiger partial charge in [0.05, 0.1) is 6.04 Å². The molecular weight excluding hydrogens is 357 g/mol. The molecule has 1 unspecified atom stereocenters. The number of benzene rings is 1. The van der Waals surface area contributed by atoms with E-state index in [1.165, 1.54) is 12.1 Å². The quantitative estimate of drug-likeness (QED) is 0.878. The fraction of sp³-hybridized carbons (Fsp3) is 0.524. The smallest absolute Gasteiger partial charge is 0.274 e. The molecule has 1 amide bonds. The van der Waals surface area contributed by atoms with Crippen LogP contribution in [-0.4, -0.2) is 64.8 Å². The second-order valence-corrected chi connectivity index (χ2v) is 7.73. The topological polar surface area (TPSA) is 53.4 Å². The lowest BCUT2D eigenvalue weighted by atomic mass is 10.1. The zero-order valence-corrected chi connectivity index (χ0v) is 16.2. The minimum atomic E-state index is -0.208. The fourth-order valence-corrected chi connectivity index (χ4v) is 4.06. The molecule has 4 rings (SSSR count). The van der Waals surface area contributed by atoms with Crippen LogP contribution in [0.5, 0.6) is 0 Å². The molecule has 2 aromatic rings. The van der Waals surface area contributed by atoms with Gasteiger partial charge in [0.2, 0.25) is 0 Å². The van der Waals surface area contributed by atoms with Crippen LogP contribution in [0.2, 0.25) is 0 Å². The number of carbonyl (C=O) groups excluding carboxylic acids is 1. The van der Waals surface area contributed by atoms with Gasteiger partial charge in [-0.1, -0.05) is 12.1 Å². The van der Waals surface area contributed by atoms with E-state index in [9.17, 15) is 9.18 Å². The minimum Gasteiger partial charge on any atom is -0.336 e. The Balaban J connectivity index is 1.34. The maximum Gasteiger partial charge on any atom is 0.274 e. The van der Waals surface area contributed by atoms with E-state index in [1.807, 2.05) is 34.0 Å². The second kappa shape index (κ2) is 8.84. The molecule has 0 aliphatic carbocycles. The summed E-state index contributed by atoms with van der Waals surface area (Å²) in [7, 11) is 0. The van der Waals surface area contributed by atoms with E-state index in [0.29, 0.717) is 18.3 Å². The average Bonchev–Trinajstić information content (AvgIpc) is 3.11. The van der Waals surface area contributed by atoms with Crippen LogP contribution in [0.4, 0.5) is 4.39 Å². The van der Waals surface area contributed by atoms with Gasteiger partial charge in [0.1, 0.15) is 11.5 Å². The Bertz CT molecular complexity index is 784. The molecule has 0 radical (unpaired) electrons. The molecule has 0 spiro atoms. The first kappa shape index (κ1) is 19.1. The van der Waals surface area contributed by atoms with Gasteiger partial charge in [-0.2, -0.15) is 5.10 Å². The zero-order chi connectivity index (χ0) is 19.3. The van der Waals surface area contributed by atoms with Crippen molar-refractivity contribution in [2.75, 3.05) is 39.3 Å². The lowest BCUT2D eigenvalue weighted by molar-refractivity contribution is 0.0753. The van der Waals surface area contributed by atoms with Gasteiger partial charge in [0.25, 0.3) is 5.91 Å². The maximum atomic E-state index is 13.1. The Kier molecular flexibility index (Phi) is 6.02.